The molecule has 0 fully saturated rings. The number of rotatable bonds is 11. The Bertz CT molecular complexity index is 1090. The van der Waals surface area contributed by atoms with E-state index in [2.05, 4.69) is 5.32 Å². The number of likely N-dealkylation sites (N-methyl/N-ethyl adjacent to an activating group) is 1. The topological polar surface area (TPSA) is 69.3 Å². The summed E-state index contributed by atoms with van der Waals surface area (Å²) in [5, 5.41) is 3.02. The maximum atomic E-state index is 12.9. The number of nitrogens with one attached hydrogen (secondary N) is 1. The van der Waals surface area contributed by atoms with Crippen LogP contribution in [0.4, 0.5) is 0 Å². The molecule has 0 bridgehead atoms. The number of carbonyl (C=O) groups is 1. The Morgan fingerprint density at radius 2 is 1.47 bits per heavy atom. The Hall–Kier alpha value is -3.71. The van der Waals surface area contributed by atoms with E-state index in [4.69, 9.17) is 18.9 Å². The second-order valence-electron chi connectivity index (χ2n) is 7.94. The molecule has 0 saturated heterocycles. The minimum absolute atomic E-state index is 0.0564. The second-order valence-corrected chi connectivity index (χ2v) is 7.94. The zero-order valence-corrected chi connectivity index (χ0v) is 20.3. The van der Waals surface area contributed by atoms with Crippen molar-refractivity contribution < 1.29 is 23.7 Å². The fourth-order valence-corrected chi connectivity index (χ4v) is 3.61. The van der Waals surface area contributed by atoms with Crippen LogP contribution >= 0.6 is 0 Å². The molecule has 1 amide bonds. The molecule has 0 radical (unpaired) electrons. The van der Waals surface area contributed by atoms with Crippen LogP contribution in [0.5, 0.6) is 23.0 Å². The van der Waals surface area contributed by atoms with Gasteiger partial charge in [-0.15, -0.1) is 0 Å². The lowest BCUT2D eigenvalue weighted by Crippen LogP contribution is -2.34. The molecule has 0 heterocycles. The predicted octanol–water partition coefficient (Wildman–Crippen LogP) is 4.32. The van der Waals surface area contributed by atoms with Gasteiger partial charge in [0.1, 0.15) is 6.61 Å². The van der Waals surface area contributed by atoms with Crippen LogP contribution in [0.15, 0.2) is 66.7 Å². The lowest BCUT2D eigenvalue weighted by atomic mass is 10.0. The fraction of sp³-hybridized carbons (Fsp3) is 0.296. The van der Waals surface area contributed by atoms with Crippen molar-refractivity contribution in [3.05, 3.63) is 83.4 Å². The van der Waals surface area contributed by atoms with Crippen molar-refractivity contribution in [2.24, 2.45) is 0 Å². The molecule has 1 atom stereocenters. The number of methoxy groups -OCH3 is 3. The Morgan fingerprint density at radius 3 is 2.12 bits per heavy atom. The monoisotopic (exact) mass is 464 g/mol. The van der Waals surface area contributed by atoms with Crippen molar-refractivity contribution in [2.75, 3.05) is 42.0 Å². The van der Waals surface area contributed by atoms with Gasteiger partial charge in [-0.3, -0.25) is 4.79 Å². The Morgan fingerprint density at radius 1 is 0.824 bits per heavy atom. The van der Waals surface area contributed by atoms with Gasteiger partial charge in [0.05, 0.1) is 27.4 Å². The van der Waals surface area contributed by atoms with Crippen LogP contribution in [-0.4, -0.2) is 52.8 Å². The van der Waals surface area contributed by atoms with Gasteiger partial charge in [0.2, 0.25) is 0 Å². The molecule has 7 heteroatoms. The van der Waals surface area contributed by atoms with Crippen LogP contribution in [0, 0.1) is 0 Å². The molecule has 34 heavy (non-hydrogen) atoms. The maximum absolute atomic E-state index is 12.9. The predicted molar refractivity (Wildman–Crippen MR) is 132 cm³/mol. The number of amides is 1. The molecular formula is C27H32N2O5. The summed E-state index contributed by atoms with van der Waals surface area (Å²) in [6, 6.07) is 20.8. The third-order valence-electron chi connectivity index (χ3n) is 5.53. The molecule has 0 unspecified atom stereocenters. The molecule has 3 rings (SSSR count). The van der Waals surface area contributed by atoms with Crippen LogP contribution in [0.2, 0.25) is 0 Å². The van der Waals surface area contributed by atoms with Gasteiger partial charge in [0.25, 0.3) is 5.91 Å². The number of nitrogens with zero attached hydrogens (tertiary/aromatic N) is 1. The molecule has 0 aromatic heterocycles. The average molecular weight is 465 g/mol. The summed E-state index contributed by atoms with van der Waals surface area (Å²) in [4.78, 5) is 15.0. The third-order valence-corrected chi connectivity index (χ3v) is 5.53. The van der Waals surface area contributed by atoms with Gasteiger partial charge in [0.15, 0.2) is 23.0 Å². The number of carbonyl (C=O) groups excluding carboxylic acids is 1. The molecular weight excluding hydrogens is 432 g/mol. The van der Waals surface area contributed by atoms with Gasteiger partial charge in [-0.1, -0.05) is 36.4 Å². The first-order valence-corrected chi connectivity index (χ1v) is 11.0. The molecule has 0 aliphatic heterocycles. The van der Waals surface area contributed by atoms with Crippen LogP contribution in [0.1, 0.15) is 27.5 Å². The number of ether oxygens (including phenoxy) is 4. The standard InChI is InChI=1S/C27H32N2O5/c1-29(2)22(20-11-13-23(31-3)25(15-20)32-4)17-28-27(30)21-12-14-24(26(16-21)33-5)34-18-19-9-7-6-8-10-19/h6-16,22H,17-18H2,1-5H3,(H,28,30)/t22-/m0/s1. The van der Waals surface area contributed by atoms with Gasteiger partial charge in [-0.05, 0) is 55.6 Å². The van der Waals surface area contributed by atoms with Gasteiger partial charge in [-0.2, -0.15) is 0 Å². The summed E-state index contributed by atoms with van der Waals surface area (Å²) < 4.78 is 22.1. The Labute approximate surface area is 201 Å². The van der Waals surface area contributed by atoms with Crippen LogP contribution < -0.4 is 24.3 Å². The molecule has 3 aromatic rings. The van der Waals surface area contributed by atoms with Crippen molar-refractivity contribution >= 4 is 5.91 Å². The normalized spacial score (nSPS) is 11.6. The lowest BCUT2D eigenvalue weighted by Gasteiger charge is -2.26. The van der Waals surface area contributed by atoms with Crippen LogP contribution in [-0.2, 0) is 6.61 Å². The summed E-state index contributed by atoms with van der Waals surface area (Å²) in [7, 11) is 8.71. The molecule has 0 aliphatic rings. The molecule has 7 nitrogen and oxygen atoms in total. The first-order valence-electron chi connectivity index (χ1n) is 11.0. The van der Waals surface area contributed by atoms with E-state index < -0.39 is 0 Å². The zero-order chi connectivity index (χ0) is 24.5. The van der Waals surface area contributed by atoms with E-state index >= 15 is 0 Å². The summed E-state index contributed by atoms with van der Waals surface area (Å²) in [6.45, 7) is 0.828. The highest BCUT2D eigenvalue weighted by atomic mass is 16.5. The smallest absolute Gasteiger partial charge is 0.251 e. The summed E-state index contributed by atoms with van der Waals surface area (Å²) in [6.07, 6.45) is 0. The molecule has 0 spiro atoms. The van der Waals surface area contributed by atoms with E-state index in [1.54, 1.807) is 39.5 Å². The van der Waals surface area contributed by atoms with Crippen molar-refractivity contribution in [2.45, 2.75) is 12.6 Å². The van der Waals surface area contributed by atoms with Gasteiger partial charge >= 0.3 is 0 Å². The summed E-state index contributed by atoms with van der Waals surface area (Å²) in [5.74, 6) is 2.20. The van der Waals surface area contributed by atoms with Crippen LogP contribution in [0.25, 0.3) is 0 Å². The molecule has 3 aromatic carbocycles. The number of hydrogen-bond donors (Lipinski definition) is 1. The highest BCUT2D eigenvalue weighted by Crippen LogP contribution is 2.32. The minimum Gasteiger partial charge on any atom is -0.493 e. The molecule has 1 N–H and O–H groups in total. The van der Waals surface area contributed by atoms with Crippen molar-refractivity contribution in [1.29, 1.82) is 0 Å². The van der Waals surface area contributed by atoms with Gasteiger partial charge in [0, 0.05) is 12.1 Å². The first kappa shape index (κ1) is 24.9. The van der Waals surface area contributed by atoms with E-state index in [0.29, 0.717) is 41.7 Å². The number of hydrogen-bond acceptors (Lipinski definition) is 6. The SMILES string of the molecule is COc1ccc([C@H](CNC(=O)c2ccc(OCc3ccccc3)c(OC)c2)N(C)C)cc1OC. The van der Waals surface area contributed by atoms with Crippen molar-refractivity contribution in [1.82, 2.24) is 10.2 Å². The molecule has 0 aliphatic carbocycles. The maximum Gasteiger partial charge on any atom is 0.251 e. The van der Waals surface area contributed by atoms with Gasteiger partial charge in [-0.25, -0.2) is 0 Å². The first-order chi connectivity index (χ1) is 16.5. The second kappa shape index (κ2) is 12.0. The van der Waals surface area contributed by atoms with Gasteiger partial charge < -0.3 is 29.2 Å². The minimum atomic E-state index is -0.194. The Balaban J connectivity index is 1.69. The van der Waals surface area contributed by atoms with E-state index in [1.807, 2.05) is 67.5 Å². The van der Waals surface area contributed by atoms with E-state index in [-0.39, 0.29) is 11.9 Å². The largest absolute Gasteiger partial charge is 0.493 e. The third kappa shape index (κ3) is 6.20. The van der Waals surface area contributed by atoms with E-state index in [9.17, 15) is 4.79 Å². The molecule has 180 valence electrons. The summed E-state index contributed by atoms with van der Waals surface area (Å²) in [5.41, 5.74) is 2.55. The van der Waals surface area contributed by atoms with Crippen LogP contribution in [0.3, 0.4) is 0 Å². The molecule has 0 saturated carbocycles. The van der Waals surface area contributed by atoms with E-state index in [1.165, 1.54) is 0 Å². The van der Waals surface area contributed by atoms with Crippen molar-refractivity contribution in [3.63, 3.8) is 0 Å². The lowest BCUT2D eigenvalue weighted by molar-refractivity contribution is 0.0941. The highest BCUT2D eigenvalue weighted by Gasteiger charge is 2.19. The number of benzene rings is 3. The fourth-order valence-electron chi connectivity index (χ4n) is 3.61. The average Bonchev–Trinajstić information content (AvgIpc) is 2.87. The zero-order valence-electron chi connectivity index (χ0n) is 20.3. The Kier molecular flexibility index (Phi) is 8.76. The quantitative estimate of drug-likeness (QED) is 0.456. The van der Waals surface area contributed by atoms with Crippen molar-refractivity contribution in [3.8, 4) is 23.0 Å². The van der Waals surface area contributed by atoms with E-state index in [0.717, 1.165) is 11.1 Å². The highest BCUT2D eigenvalue weighted by molar-refractivity contribution is 5.94. The summed E-state index contributed by atoms with van der Waals surface area (Å²) >= 11 is 0.